The van der Waals surface area contributed by atoms with Crippen molar-refractivity contribution in [1.29, 1.82) is 0 Å². The van der Waals surface area contributed by atoms with Gasteiger partial charge in [-0.15, -0.1) is 0 Å². The van der Waals surface area contributed by atoms with Crippen LogP contribution in [0.5, 0.6) is 11.5 Å². The summed E-state index contributed by atoms with van der Waals surface area (Å²) in [5.74, 6) is 0.930. The van der Waals surface area contributed by atoms with E-state index in [-0.39, 0.29) is 12.4 Å². The van der Waals surface area contributed by atoms with Crippen LogP contribution in [-0.2, 0) is 0 Å². The van der Waals surface area contributed by atoms with Crippen LogP contribution in [-0.4, -0.2) is 16.8 Å². The standard InChI is InChI=1S/C17H20O3/c1-12(2)13-7-9-14(10-8-13)16(19)11-20-17-6-4-3-5-15(17)18/h3-10,12,16,18-19H,11H2,1-2H3. The van der Waals surface area contributed by atoms with Gasteiger partial charge in [-0.05, 0) is 29.2 Å². The maximum absolute atomic E-state index is 10.1. The third-order valence-electron chi connectivity index (χ3n) is 3.25. The van der Waals surface area contributed by atoms with Crippen LogP contribution in [0.4, 0.5) is 0 Å². The van der Waals surface area contributed by atoms with Gasteiger partial charge < -0.3 is 14.9 Å². The molecule has 0 heterocycles. The highest BCUT2D eigenvalue weighted by molar-refractivity contribution is 5.38. The smallest absolute Gasteiger partial charge is 0.161 e. The molecule has 0 spiro atoms. The molecule has 0 aliphatic rings. The number of aliphatic hydroxyl groups excluding tert-OH is 1. The molecule has 0 fully saturated rings. The second-order valence-corrected chi connectivity index (χ2v) is 5.12. The summed E-state index contributed by atoms with van der Waals surface area (Å²) in [7, 11) is 0. The van der Waals surface area contributed by atoms with Crippen molar-refractivity contribution in [2.24, 2.45) is 0 Å². The van der Waals surface area contributed by atoms with Gasteiger partial charge >= 0.3 is 0 Å². The van der Waals surface area contributed by atoms with E-state index in [0.29, 0.717) is 11.7 Å². The fraction of sp³-hybridized carbons (Fsp3) is 0.294. The topological polar surface area (TPSA) is 49.7 Å². The van der Waals surface area contributed by atoms with E-state index in [2.05, 4.69) is 13.8 Å². The van der Waals surface area contributed by atoms with Crippen molar-refractivity contribution in [1.82, 2.24) is 0 Å². The average molecular weight is 272 g/mol. The molecule has 20 heavy (non-hydrogen) atoms. The molecule has 0 radical (unpaired) electrons. The van der Waals surface area contributed by atoms with Gasteiger partial charge in [0.25, 0.3) is 0 Å². The molecule has 0 saturated carbocycles. The van der Waals surface area contributed by atoms with E-state index in [4.69, 9.17) is 4.74 Å². The highest BCUT2D eigenvalue weighted by Gasteiger charge is 2.10. The summed E-state index contributed by atoms with van der Waals surface area (Å²) in [5.41, 5.74) is 2.05. The maximum Gasteiger partial charge on any atom is 0.161 e. The van der Waals surface area contributed by atoms with E-state index in [1.54, 1.807) is 24.3 Å². The Labute approximate surface area is 119 Å². The number of phenolic OH excluding ortho intramolecular Hbond substituents is 1. The number of benzene rings is 2. The van der Waals surface area contributed by atoms with Crippen LogP contribution < -0.4 is 4.74 Å². The van der Waals surface area contributed by atoms with Crippen LogP contribution in [0.3, 0.4) is 0 Å². The summed E-state index contributed by atoms with van der Waals surface area (Å²) in [6.45, 7) is 4.37. The lowest BCUT2D eigenvalue weighted by Crippen LogP contribution is -2.09. The van der Waals surface area contributed by atoms with Crippen molar-refractivity contribution < 1.29 is 14.9 Å². The van der Waals surface area contributed by atoms with Crippen LogP contribution in [0.15, 0.2) is 48.5 Å². The lowest BCUT2D eigenvalue weighted by molar-refractivity contribution is 0.106. The molecule has 2 rings (SSSR count). The van der Waals surface area contributed by atoms with Crippen LogP contribution in [0.1, 0.15) is 37.0 Å². The minimum atomic E-state index is -0.712. The number of phenols is 1. The molecular weight excluding hydrogens is 252 g/mol. The number of aromatic hydroxyl groups is 1. The van der Waals surface area contributed by atoms with Crippen LogP contribution in [0.2, 0.25) is 0 Å². The molecule has 106 valence electrons. The average Bonchev–Trinajstić information content (AvgIpc) is 2.46. The second kappa shape index (κ2) is 6.44. The molecule has 0 aliphatic heterocycles. The van der Waals surface area contributed by atoms with Gasteiger partial charge in [0.05, 0.1) is 0 Å². The Balaban J connectivity index is 1.98. The molecule has 0 aromatic heterocycles. The number of rotatable bonds is 5. The number of aliphatic hydroxyl groups is 1. The zero-order chi connectivity index (χ0) is 14.5. The molecular formula is C17H20O3. The summed E-state index contributed by atoms with van der Waals surface area (Å²) in [6.07, 6.45) is -0.712. The molecule has 0 aliphatic carbocycles. The minimum absolute atomic E-state index is 0.0786. The summed E-state index contributed by atoms with van der Waals surface area (Å²) < 4.78 is 5.43. The van der Waals surface area contributed by atoms with Crippen molar-refractivity contribution in [2.45, 2.75) is 25.9 Å². The van der Waals surface area contributed by atoms with Crippen molar-refractivity contribution >= 4 is 0 Å². The van der Waals surface area contributed by atoms with E-state index in [1.807, 2.05) is 24.3 Å². The van der Waals surface area contributed by atoms with Gasteiger partial charge in [0, 0.05) is 0 Å². The normalized spacial score (nSPS) is 12.4. The van der Waals surface area contributed by atoms with Crippen LogP contribution in [0, 0.1) is 0 Å². The first-order valence-corrected chi connectivity index (χ1v) is 6.76. The molecule has 2 aromatic rings. The maximum atomic E-state index is 10.1. The second-order valence-electron chi connectivity index (χ2n) is 5.12. The molecule has 1 unspecified atom stereocenters. The number of hydrogen-bond donors (Lipinski definition) is 2. The van der Waals surface area contributed by atoms with E-state index in [9.17, 15) is 10.2 Å². The van der Waals surface area contributed by atoms with Gasteiger partial charge in [-0.25, -0.2) is 0 Å². The Hall–Kier alpha value is -2.00. The van der Waals surface area contributed by atoms with Gasteiger partial charge in [0.15, 0.2) is 11.5 Å². The molecule has 3 heteroatoms. The van der Waals surface area contributed by atoms with Gasteiger partial charge in [-0.3, -0.25) is 0 Å². The van der Waals surface area contributed by atoms with E-state index >= 15 is 0 Å². The highest BCUT2D eigenvalue weighted by Crippen LogP contribution is 2.26. The summed E-state index contributed by atoms with van der Waals surface area (Å²) >= 11 is 0. The SMILES string of the molecule is CC(C)c1ccc(C(O)COc2ccccc2O)cc1. The zero-order valence-electron chi connectivity index (χ0n) is 11.8. The molecule has 2 aromatic carbocycles. The van der Waals surface area contributed by atoms with Crippen molar-refractivity contribution in [3.8, 4) is 11.5 Å². The Bertz CT molecular complexity index is 546. The largest absolute Gasteiger partial charge is 0.504 e. The van der Waals surface area contributed by atoms with Gasteiger partial charge in [0.1, 0.15) is 12.7 Å². The van der Waals surface area contributed by atoms with Crippen molar-refractivity contribution in [3.05, 3.63) is 59.7 Å². The Morgan fingerprint density at radius 2 is 1.55 bits per heavy atom. The first-order chi connectivity index (χ1) is 9.58. The highest BCUT2D eigenvalue weighted by atomic mass is 16.5. The van der Waals surface area contributed by atoms with Gasteiger partial charge in [0.2, 0.25) is 0 Å². The molecule has 0 bridgehead atoms. The molecule has 0 saturated heterocycles. The van der Waals surface area contributed by atoms with Gasteiger partial charge in [-0.1, -0.05) is 50.2 Å². The summed E-state index contributed by atoms with van der Waals surface area (Å²) in [4.78, 5) is 0. The molecule has 3 nitrogen and oxygen atoms in total. The first kappa shape index (κ1) is 14.4. The third kappa shape index (κ3) is 3.52. The van der Waals surface area contributed by atoms with Crippen molar-refractivity contribution in [2.75, 3.05) is 6.61 Å². The minimum Gasteiger partial charge on any atom is -0.504 e. The van der Waals surface area contributed by atoms with E-state index in [0.717, 1.165) is 5.56 Å². The number of ether oxygens (including phenoxy) is 1. The molecule has 0 amide bonds. The van der Waals surface area contributed by atoms with Crippen LogP contribution >= 0.6 is 0 Å². The Morgan fingerprint density at radius 1 is 0.950 bits per heavy atom. The lowest BCUT2D eigenvalue weighted by atomic mass is 10.0. The lowest BCUT2D eigenvalue weighted by Gasteiger charge is -2.14. The molecule has 1 atom stereocenters. The number of hydrogen-bond acceptors (Lipinski definition) is 3. The molecule has 2 N–H and O–H groups in total. The third-order valence-corrected chi connectivity index (χ3v) is 3.25. The van der Waals surface area contributed by atoms with E-state index in [1.165, 1.54) is 5.56 Å². The van der Waals surface area contributed by atoms with Crippen LogP contribution in [0.25, 0.3) is 0 Å². The predicted octanol–water partition coefficient (Wildman–Crippen LogP) is 3.63. The Morgan fingerprint density at radius 3 is 2.15 bits per heavy atom. The number of para-hydroxylation sites is 2. The zero-order valence-corrected chi connectivity index (χ0v) is 11.8. The monoisotopic (exact) mass is 272 g/mol. The quantitative estimate of drug-likeness (QED) is 0.874. The summed E-state index contributed by atoms with van der Waals surface area (Å²) in [5, 5.41) is 19.7. The van der Waals surface area contributed by atoms with Crippen molar-refractivity contribution in [3.63, 3.8) is 0 Å². The summed E-state index contributed by atoms with van der Waals surface area (Å²) in [6, 6.07) is 14.6. The fourth-order valence-electron chi connectivity index (χ4n) is 1.95. The van der Waals surface area contributed by atoms with E-state index < -0.39 is 6.10 Å². The fourth-order valence-corrected chi connectivity index (χ4v) is 1.95. The Kier molecular flexibility index (Phi) is 4.64. The first-order valence-electron chi connectivity index (χ1n) is 6.76. The predicted molar refractivity (Wildman–Crippen MR) is 79.1 cm³/mol. The van der Waals surface area contributed by atoms with Gasteiger partial charge in [-0.2, -0.15) is 0 Å².